The number of nitrogens with zero attached hydrogens (tertiary/aromatic N) is 2. The highest BCUT2D eigenvalue weighted by atomic mass is 35.5. The molecule has 0 aromatic heterocycles. The summed E-state index contributed by atoms with van der Waals surface area (Å²) in [7, 11) is 0. The number of carbonyl (C=O) groups excluding carboxylic acids is 1. The van der Waals surface area contributed by atoms with Crippen LogP contribution in [0.5, 0.6) is 0 Å². The Bertz CT molecular complexity index is 781. The topological polar surface area (TPSA) is 23.6 Å². The smallest absolute Gasteiger partial charge is 0.190 e. The molecule has 1 aliphatic heterocycles. The minimum absolute atomic E-state index is 0.0754. The van der Waals surface area contributed by atoms with Crippen LogP contribution < -0.4 is 4.90 Å². The molecule has 1 saturated heterocycles. The van der Waals surface area contributed by atoms with Crippen molar-refractivity contribution in [3.63, 3.8) is 0 Å². The normalized spacial score (nSPS) is 15.4. The predicted molar refractivity (Wildman–Crippen MR) is 99.7 cm³/mol. The second-order valence-electron chi connectivity index (χ2n) is 6.12. The van der Waals surface area contributed by atoms with Gasteiger partial charge < -0.3 is 9.80 Å². The van der Waals surface area contributed by atoms with Gasteiger partial charge in [-0.15, -0.1) is 0 Å². The molecule has 0 unspecified atom stereocenters. The van der Waals surface area contributed by atoms with Gasteiger partial charge in [-0.25, -0.2) is 4.39 Å². The Labute approximate surface area is 152 Å². The van der Waals surface area contributed by atoms with Gasteiger partial charge in [0.1, 0.15) is 5.82 Å². The number of halogens is 2. The lowest BCUT2D eigenvalue weighted by Crippen LogP contribution is -2.44. The molecule has 130 valence electrons. The third-order valence-corrected chi connectivity index (χ3v) is 4.67. The number of anilines is 1. The molecule has 0 aliphatic carbocycles. The van der Waals surface area contributed by atoms with E-state index in [0.717, 1.165) is 36.9 Å². The number of piperazine rings is 1. The fraction of sp³-hybridized carbons (Fsp3) is 0.250. The third kappa shape index (κ3) is 4.20. The fourth-order valence-electron chi connectivity index (χ4n) is 2.96. The summed E-state index contributed by atoms with van der Waals surface area (Å²) in [6, 6.07) is 13.5. The predicted octanol–water partition coefficient (Wildman–Crippen LogP) is 4.39. The molecule has 0 amide bonds. The van der Waals surface area contributed by atoms with E-state index in [1.54, 1.807) is 6.92 Å². The minimum Gasteiger partial charge on any atom is -0.373 e. The van der Waals surface area contributed by atoms with Crippen LogP contribution in [0.25, 0.3) is 0 Å². The van der Waals surface area contributed by atoms with Crippen molar-refractivity contribution in [3.8, 4) is 0 Å². The summed E-state index contributed by atoms with van der Waals surface area (Å²) in [5, 5.41) is 0.758. The van der Waals surface area contributed by atoms with Gasteiger partial charge in [0.25, 0.3) is 0 Å². The highest BCUT2D eigenvalue weighted by molar-refractivity contribution is 6.33. The number of para-hydroxylation sites is 1. The standard InChI is InChI=1S/C20H20ClFN2O/c1-15(20(25)16-6-8-17(22)9-7-16)14-23-10-12-24(13-11-23)19-5-3-2-4-18(19)21/h2-9,14H,10-13H2,1H3. The molecule has 0 atom stereocenters. The molecule has 1 fully saturated rings. The Hall–Kier alpha value is -2.33. The van der Waals surface area contributed by atoms with Crippen molar-refractivity contribution in [3.05, 3.63) is 76.7 Å². The second kappa shape index (κ2) is 7.70. The highest BCUT2D eigenvalue weighted by Gasteiger charge is 2.18. The zero-order valence-electron chi connectivity index (χ0n) is 14.1. The summed E-state index contributed by atoms with van der Waals surface area (Å²) in [5.74, 6) is -0.414. The summed E-state index contributed by atoms with van der Waals surface area (Å²) in [5.41, 5.74) is 2.20. The van der Waals surface area contributed by atoms with Gasteiger partial charge in [-0.1, -0.05) is 23.7 Å². The van der Waals surface area contributed by atoms with Crippen LogP contribution >= 0.6 is 11.6 Å². The van der Waals surface area contributed by atoms with E-state index in [1.807, 2.05) is 30.5 Å². The van der Waals surface area contributed by atoms with Gasteiger partial charge in [0, 0.05) is 43.5 Å². The van der Waals surface area contributed by atoms with Crippen LogP contribution in [0.4, 0.5) is 10.1 Å². The van der Waals surface area contributed by atoms with Crippen molar-refractivity contribution in [1.29, 1.82) is 0 Å². The number of benzene rings is 2. The summed E-state index contributed by atoms with van der Waals surface area (Å²) in [6.07, 6.45) is 1.90. The van der Waals surface area contributed by atoms with E-state index in [9.17, 15) is 9.18 Å². The van der Waals surface area contributed by atoms with Crippen LogP contribution in [0.2, 0.25) is 5.02 Å². The van der Waals surface area contributed by atoms with Crippen molar-refractivity contribution in [2.24, 2.45) is 0 Å². The van der Waals surface area contributed by atoms with Crippen LogP contribution in [0.15, 0.2) is 60.3 Å². The monoisotopic (exact) mass is 358 g/mol. The van der Waals surface area contributed by atoms with E-state index in [0.29, 0.717) is 11.1 Å². The van der Waals surface area contributed by atoms with E-state index < -0.39 is 0 Å². The first-order valence-corrected chi connectivity index (χ1v) is 8.64. The van der Waals surface area contributed by atoms with Gasteiger partial charge in [-0.05, 0) is 43.3 Å². The zero-order valence-corrected chi connectivity index (χ0v) is 14.8. The first kappa shape index (κ1) is 17.5. The SMILES string of the molecule is CC(=CN1CCN(c2ccccc2Cl)CC1)C(=O)c1ccc(F)cc1. The lowest BCUT2D eigenvalue weighted by molar-refractivity contribution is 0.103. The van der Waals surface area contributed by atoms with E-state index in [1.165, 1.54) is 24.3 Å². The van der Waals surface area contributed by atoms with Gasteiger partial charge in [0.2, 0.25) is 0 Å². The maximum absolute atomic E-state index is 13.0. The van der Waals surface area contributed by atoms with Crippen LogP contribution in [-0.2, 0) is 0 Å². The Morgan fingerprint density at radius 2 is 1.68 bits per heavy atom. The highest BCUT2D eigenvalue weighted by Crippen LogP contribution is 2.26. The first-order chi connectivity index (χ1) is 12.0. The molecule has 2 aromatic rings. The molecular formula is C20H20ClFN2O. The summed E-state index contributed by atoms with van der Waals surface area (Å²) < 4.78 is 13.0. The van der Waals surface area contributed by atoms with Crippen molar-refractivity contribution in [2.45, 2.75) is 6.92 Å². The number of carbonyl (C=O) groups is 1. The molecule has 1 heterocycles. The minimum atomic E-state index is -0.339. The van der Waals surface area contributed by atoms with Crippen molar-refractivity contribution in [2.75, 3.05) is 31.1 Å². The average Bonchev–Trinajstić information content (AvgIpc) is 2.63. The molecule has 0 spiro atoms. The molecule has 5 heteroatoms. The number of allylic oxidation sites excluding steroid dienone is 1. The maximum Gasteiger partial charge on any atom is 0.190 e. The molecule has 3 nitrogen and oxygen atoms in total. The van der Waals surface area contributed by atoms with Gasteiger partial charge in [0.15, 0.2) is 5.78 Å². The number of hydrogen-bond acceptors (Lipinski definition) is 3. The fourth-order valence-corrected chi connectivity index (χ4v) is 3.22. The Morgan fingerprint density at radius 3 is 2.32 bits per heavy atom. The van der Waals surface area contributed by atoms with E-state index in [4.69, 9.17) is 11.6 Å². The molecule has 0 saturated carbocycles. The van der Waals surface area contributed by atoms with Crippen LogP contribution in [0.1, 0.15) is 17.3 Å². The first-order valence-electron chi connectivity index (χ1n) is 8.27. The third-order valence-electron chi connectivity index (χ3n) is 4.35. The summed E-state index contributed by atoms with van der Waals surface area (Å²) in [6.45, 7) is 5.13. The molecule has 3 rings (SSSR count). The van der Waals surface area contributed by atoms with Gasteiger partial charge >= 0.3 is 0 Å². The molecule has 1 aliphatic rings. The summed E-state index contributed by atoms with van der Waals surface area (Å²) >= 11 is 6.26. The lowest BCUT2D eigenvalue weighted by atomic mass is 10.1. The van der Waals surface area contributed by atoms with E-state index in [2.05, 4.69) is 9.80 Å². The molecular weight excluding hydrogens is 339 g/mol. The van der Waals surface area contributed by atoms with Crippen molar-refractivity contribution < 1.29 is 9.18 Å². The molecule has 2 aromatic carbocycles. The summed E-state index contributed by atoms with van der Waals surface area (Å²) in [4.78, 5) is 16.8. The van der Waals surface area contributed by atoms with Gasteiger partial charge in [-0.3, -0.25) is 4.79 Å². The Balaban J connectivity index is 1.62. The van der Waals surface area contributed by atoms with Crippen molar-refractivity contribution >= 4 is 23.1 Å². The molecule has 0 bridgehead atoms. The van der Waals surface area contributed by atoms with E-state index in [-0.39, 0.29) is 11.6 Å². The number of Topliss-reactive ketones (excluding diaryl/α,β-unsaturated/α-hetero) is 1. The van der Waals surface area contributed by atoms with Crippen molar-refractivity contribution in [1.82, 2.24) is 4.90 Å². The number of rotatable bonds is 4. The number of hydrogen-bond donors (Lipinski definition) is 0. The van der Waals surface area contributed by atoms with E-state index >= 15 is 0 Å². The lowest BCUT2D eigenvalue weighted by Gasteiger charge is -2.36. The number of ketones is 1. The van der Waals surface area contributed by atoms with Gasteiger partial charge in [0.05, 0.1) is 10.7 Å². The maximum atomic E-state index is 13.0. The van der Waals surface area contributed by atoms with Crippen LogP contribution in [-0.4, -0.2) is 36.9 Å². The largest absolute Gasteiger partial charge is 0.373 e. The molecule has 0 radical (unpaired) electrons. The quantitative estimate of drug-likeness (QED) is 0.598. The molecule has 0 N–H and O–H groups in total. The van der Waals surface area contributed by atoms with Crippen LogP contribution in [0.3, 0.4) is 0 Å². The Kier molecular flexibility index (Phi) is 5.39. The Morgan fingerprint density at radius 1 is 1.04 bits per heavy atom. The van der Waals surface area contributed by atoms with Crippen LogP contribution in [0, 0.1) is 5.82 Å². The zero-order chi connectivity index (χ0) is 17.8. The average molecular weight is 359 g/mol. The second-order valence-corrected chi connectivity index (χ2v) is 6.53. The molecule has 25 heavy (non-hydrogen) atoms. The van der Waals surface area contributed by atoms with Gasteiger partial charge in [-0.2, -0.15) is 0 Å².